The van der Waals surface area contributed by atoms with Crippen LogP contribution in [0.25, 0.3) is 11.4 Å². The Morgan fingerprint density at radius 3 is 2.65 bits per heavy atom. The van der Waals surface area contributed by atoms with Crippen molar-refractivity contribution in [3.05, 3.63) is 29.0 Å². The van der Waals surface area contributed by atoms with Crippen LogP contribution >= 0.6 is 12.2 Å². The largest absolute Gasteiger partial charge is 0.497 e. The van der Waals surface area contributed by atoms with Gasteiger partial charge in [-0.05, 0) is 42.9 Å². The van der Waals surface area contributed by atoms with Crippen molar-refractivity contribution in [2.45, 2.75) is 13.0 Å². The molecule has 7 heteroatoms. The first kappa shape index (κ1) is 16.2. The molecule has 1 aromatic carbocycles. The molecule has 1 fully saturated rings. The highest BCUT2D eigenvalue weighted by atomic mass is 32.1. The molecule has 0 amide bonds. The van der Waals surface area contributed by atoms with Gasteiger partial charge >= 0.3 is 0 Å². The summed E-state index contributed by atoms with van der Waals surface area (Å²) in [5.41, 5.74) is 1.03. The van der Waals surface area contributed by atoms with Gasteiger partial charge in [-0.15, -0.1) is 0 Å². The van der Waals surface area contributed by atoms with Crippen LogP contribution in [0, 0.1) is 4.77 Å². The quantitative estimate of drug-likeness (QED) is 0.822. The van der Waals surface area contributed by atoms with Gasteiger partial charge in [0.1, 0.15) is 5.75 Å². The smallest absolute Gasteiger partial charge is 0.195 e. The minimum atomic E-state index is 0.665. The second kappa shape index (κ2) is 7.72. The van der Waals surface area contributed by atoms with Crippen LogP contribution < -0.4 is 4.74 Å². The third kappa shape index (κ3) is 3.99. The van der Waals surface area contributed by atoms with Crippen LogP contribution in [0.2, 0.25) is 0 Å². The van der Waals surface area contributed by atoms with E-state index in [-0.39, 0.29) is 0 Å². The predicted octanol–water partition coefficient (Wildman–Crippen LogP) is 2.34. The highest BCUT2D eigenvalue weighted by Gasteiger charge is 2.12. The summed E-state index contributed by atoms with van der Waals surface area (Å²) in [5, 5.41) is 7.28. The number of hydrogen-bond acceptors (Lipinski definition) is 5. The van der Waals surface area contributed by atoms with E-state index in [9.17, 15) is 0 Å². The standard InChI is InChI=1S/C16H22N4O2S/c1-21-14-5-3-13(4-6-14)15-17-18-16(23)20(15)8-2-7-19-9-11-22-12-10-19/h3-6H,2,7-12H2,1H3,(H,18,23). The van der Waals surface area contributed by atoms with Crippen molar-refractivity contribution in [3.63, 3.8) is 0 Å². The zero-order valence-corrected chi connectivity index (χ0v) is 14.1. The van der Waals surface area contributed by atoms with Gasteiger partial charge in [0.2, 0.25) is 0 Å². The number of hydrogen-bond donors (Lipinski definition) is 1. The maximum Gasteiger partial charge on any atom is 0.195 e. The highest BCUT2D eigenvalue weighted by Crippen LogP contribution is 2.21. The molecule has 0 spiro atoms. The summed E-state index contributed by atoms with van der Waals surface area (Å²) < 4.78 is 13.3. The first-order valence-electron chi connectivity index (χ1n) is 7.87. The molecule has 0 unspecified atom stereocenters. The average molecular weight is 334 g/mol. The Hall–Kier alpha value is -1.70. The Morgan fingerprint density at radius 1 is 1.22 bits per heavy atom. The topological polar surface area (TPSA) is 55.3 Å². The number of nitrogens with zero attached hydrogens (tertiary/aromatic N) is 3. The number of methoxy groups -OCH3 is 1. The highest BCUT2D eigenvalue weighted by molar-refractivity contribution is 7.71. The molecule has 23 heavy (non-hydrogen) atoms. The van der Waals surface area contributed by atoms with Crippen LogP contribution in [-0.2, 0) is 11.3 Å². The fourth-order valence-electron chi connectivity index (χ4n) is 2.76. The summed E-state index contributed by atoms with van der Waals surface area (Å²) >= 11 is 5.38. The Bertz CT molecular complexity index is 674. The number of nitrogens with one attached hydrogen (secondary N) is 1. The van der Waals surface area contributed by atoms with Gasteiger partial charge in [0.05, 0.1) is 20.3 Å². The molecule has 0 bridgehead atoms. The van der Waals surface area contributed by atoms with Gasteiger partial charge in [-0.1, -0.05) is 0 Å². The second-order valence-electron chi connectivity index (χ2n) is 5.54. The zero-order valence-electron chi connectivity index (χ0n) is 13.3. The van der Waals surface area contributed by atoms with Crippen molar-refractivity contribution in [2.24, 2.45) is 0 Å². The van der Waals surface area contributed by atoms with Crippen LogP contribution in [0.1, 0.15) is 6.42 Å². The lowest BCUT2D eigenvalue weighted by atomic mass is 10.2. The fraction of sp³-hybridized carbons (Fsp3) is 0.500. The van der Waals surface area contributed by atoms with Gasteiger partial charge in [-0.25, -0.2) is 0 Å². The normalized spacial score (nSPS) is 15.7. The van der Waals surface area contributed by atoms with Gasteiger partial charge in [0.15, 0.2) is 10.6 Å². The predicted molar refractivity (Wildman–Crippen MR) is 91.3 cm³/mol. The molecular formula is C16H22N4O2S. The van der Waals surface area contributed by atoms with E-state index in [0.717, 1.165) is 63.0 Å². The van der Waals surface area contributed by atoms with Crippen LogP contribution in [0.4, 0.5) is 0 Å². The number of aromatic nitrogens is 3. The molecule has 2 aromatic rings. The van der Waals surface area contributed by atoms with Gasteiger partial charge in [0.25, 0.3) is 0 Å². The molecule has 1 N–H and O–H groups in total. The van der Waals surface area contributed by atoms with Crippen molar-refractivity contribution < 1.29 is 9.47 Å². The molecule has 2 heterocycles. The maximum atomic E-state index is 5.38. The Kier molecular flexibility index (Phi) is 5.43. The van der Waals surface area contributed by atoms with E-state index in [1.54, 1.807) is 7.11 Å². The molecule has 1 saturated heterocycles. The summed E-state index contributed by atoms with van der Waals surface area (Å²) in [6, 6.07) is 7.88. The molecule has 1 aromatic heterocycles. The third-order valence-corrected chi connectivity index (χ3v) is 4.38. The fourth-order valence-corrected chi connectivity index (χ4v) is 2.99. The summed E-state index contributed by atoms with van der Waals surface area (Å²) in [4.78, 5) is 2.43. The summed E-state index contributed by atoms with van der Waals surface area (Å²) in [6.45, 7) is 5.61. The molecule has 3 rings (SSSR count). The first-order valence-corrected chi connectivity index (χ1v) is 8.28. The van der Waals surface area contributed by atoms with E-state index in [0.29, 0.717) is 4.77 Å². The van der Waals surface area contributed by atoms with E-state index in [1.165, 1.54) is 0 Å². The molecule has 1 aliphatic heterocycles. The van der Waals surface area contributed by atoms with E-state index >= 15 is 0 Å². The summed E-state index contributed by atoms with van der Waals surface area (Å²) in [5.74, 6) is 1.71. The van der Waals surface area contributed by atoms with E-state index in [2.05, 4.69) is 19.7 Å². The van der Waals surface area contributed by atoms with Crippen molar-refractivity contribution in [3.8, 4) is 17.1 Å². The van der Waals surface area contributed by atoms with Gasteiger partial charge in [0, 0.05) is 31.7 Å². The number of H-pyrrole nitrogens is 1. The summed E-state index contributed by atoms with van der Waals surface area (Å²) in [7, 11) is 1.66. The monoisotopic (exact) mass is 334 g/mol. The zero-order chi connectivity index (χ0) is 16.1. The lowest BCUT2D eigenvalue weighted by Gasteiger charge is -2.26. The molecule has 0 radical (unpaired) electrons. The number of aromatic amines is 1. The molecule has 6 nitrogen and oxygen atoms in total. The number of morpholine rings is 1. The number of ether oxygens (including phenoxy) is 2. The molecule has 124 valence electrons. The number of rotatable bonds is 6. The molecule has 0 atom stereocenters. The SMILES string of the molecule is COc1ccc(-c2n[nH]c(=S)n2CCCN2CCOCC2)cc1. The molecule has 0 aliphatic carbocycles. The van der Waals surface area contributed by atoms with E-state index in [4.69, 9.17) is 21.7 Å². The first-order chi connectivity index (χ1) is 11.3. The minimum Gasteiger partial charge on any atom is -0.497 e. The molecule has 0 saturated carbocycles. The maximum absolute atomic E-state index is 5.38. The van der Waals surface area contributed by atoms with Crippen molar-refractivity contribution >= 4 is 12.2 Å². The van der Waals surface area contributed by atoms with Crippen LogP contribution in [0.15, 0.2) is 24.3 Å². The average Bonchev–Trinajstić information content (AvgIpc) is 2.97. The Labute approximate surface area is 141 Å². The van der Waals surface area contributed by atoms with Crippen molar-refractivity contribution in [2.75, 3.05) is 40.0 Å². The molecule has 1 aliphatic rings. The van der Waals surface area contributed by atoms with Gasteiger partial charge in [-0.3, -0.25) is 10.00 Å². The van der Waals surface area contributed by atoms with Gasteiger partial charge < -0.3 is 14.0 Å². The lowest BCUT2D eigenvalue weighted by molar-refractivity contribution is 0.0369. The van der Waals surface area contributed by atoms with Crippen LogP contribution in [0.5, 0.6) is 5.75 Å². The van der Waals surface area contributed by atoms with Crippen molar-refractivity contribution in [1.82, 2.24) is 19.7 Å². The van der Waals surface area contributed by atoms with Gasteiger partial charge in [-0.2, -0.15) is 5.10 Å². The summed E-state index contributed by atoms with van der Waals surface area (Å²) in [6.07, 6.45) is 1.04. The second-order valence-corrected chi connectivity index (χ2v) is 5.93. The van der Waals surface area contributed by atoms with Crippen LogP contribution in [-0.4, -0.2) is 59.6 Å². The van der Waals surface area contributed by atoms with E-state index < -0.39 is 0 Å². The van der Waals surface area contributed by atoms with Crippen molar-refractivity contribution in [1.29, 1.82) is 0 Å². The van der Waals surface area contributed by atoms with Crippen LogP contribution in [0.3, 0.4) is 0 Å². The molecular weight excluding hydrogens is 312 g/mol. The third-order valence-electron chi connectivity index (χ3n) is 4.07. The Morgan fingerprint density at radius 2 is 1.96 bits per heavy atom. The lowest BCUT2D eigenvalue weighted by Crippen LogP contribution is -2.37. The number of benzene rings is 1. The van der Waals surface area contributed by atoms with E-state index in [1.807, 2.05) is 24.3 Å². The Balaban J connectivity index is 1.67. The minimum absolute atomic E-state index is 0.665.